The van der Waals surface area contributed by atoms with Crippen molar-refractivity contribution < 1.29 is 9.53 Å². The highest BCUT2D eigenvalue weighted by Gasteiger charge is 2.15. The Morgan fingerprint density at radius 3 is 2.74 bits per heavy atom. The Kier molecular flexibility index (Phi) is 8.56. The highest BCUT2D eigenvalue weighted by Crippen LogP contribution is 2.28. The van der Waals surface area contributed by atoms with Crippen LogP contribution in [0.3, 0.4) is 0 Å². The predicted molar refractivity (Wildman–Crippen MR) is 138 cm³/mol. The predicted octanol–water partition coefficient (Wildman–Crippen LogP) is 6.26. The summed E-state index contributed by atoms with van der Waals surface area (Å²) in [6.45, 7) is 2.58. The molecule has 1 aromatic carbocycles. The molecule has 4 rings (SSSR count). The molecular weight excluding hydrogens is 464 g/mol. The van der Waals surface area contributed by atoms with Gasteiger partial charge in [-0.2, -0.15) is 5.26 Å². The fourth-order valence-corrected chi connectivity index (χ4v) is 5.58. The van der Waals surface area contributed by atoms with Crippen molar-refractivity contribution in [2.24, 2.45) is 0 Å². The Morgan fingerprint density at radius 2 is 1.97 bits per heavy atom. The number of nitrogens with zero attached hydrogens (tertiary/aromatic N) is 3. The summed E-state index contributed by atoms with van der Waals surface area (Å²) in [6, 6.07) is 12.1. The van der Waals surface area contributed by atoms with E-state index in [-0.39, 0.29) is 5.91 Å². The smallest absolute Gasteiger partial charge is 0.226 e. The fourth-order valence-electron chi connectivity index (χ4n) is 3.93. The van der Waals surface area contributed by atoms with Crippen LogP contribution in [0.15, 0.2) is 40.7 Å². The standard InChI is InChI=1S/C26H28N4O2S2/c1-2-32-21-11-9-18(10-12-21)23-17-34-26(29-23)30-24(31)13-14-33-25-20(16-27)15-19-7-5-3-4-6-8-22(19)28-25/h9-12,15,17H,2-8,13-14H2,1H3,(H,29,30,31). The van der Waals surface area contributed by atoms with Crippen molar-refractivity contribution in [3.05, 3.63) is 52.5 Å². The number of anilines is 1. The monoisotopic (exact) mass is 492 g/mol. The second-order valence-electron chi connectivity index (χ2n) is 8.11. The summed E-state index contributed by atoms with van der Waals surface area (Å²) >= 11 is 2.89. The lowest BCUT2D eigenvalue weighted by Crippen LogP contribution is -2.12. The Morgan fingerprint density at radius 1 is 1.18 bits per heavy atom. The van der Waals surface area contributed by atoms with Gasteiger partial charge in [0, 0.05) is 28.8 Å². The third kappa shape index (κ3) is 6.37. The van der Waals surface area contributed by atoms with Gasteiger partial charge in [-0.3, -0.25) is 4.79 Å². The first kappa shape index (κ1) is 24.2. The summed E-state index contributed by atoms with van der Waals surface area (Å²) in [6.07, 6.45) is 7.07. The SMILES string of the molecule is CCOc1ccc(-c2csc(NC(=O)CCSc3nc4c(cc3C#N)CCCCCC4)n2)cc1. The molecule has 1 aliphatic carbocycles. The molecule has 6 nitrogen and oxygen atoms in total. The van der Waals surface area contributed by atoms with E-state index in [9.17, 15) is 10.1 Å². The maximum absolute atomic E-state index is 12.5. The number of hydrogen-bond donors (Lipinski definition) is 1. The minimum Gasteiger partial charge on any atom is -0.494 e. The minimum atomic E-state index is -0.0927. The normalized spacial score (nSPS) is 13.3. The molecule has 2 heterocycles. The van der Waals surface area contributed by atoms with Crippen LogP contribution in [0.25, 0.3) is 11.3 Å². The first-order chi connectivity index (χ1) is 16.7. The van der Waals surface area contributed by atoms with E-state index >= 15 is 0 Å². The van der Waals surface area contributed by atoms with E-state index in [1.807, 2.05) is 42.6 Å². The number of aryl methyl sites for hydroxylation is 2. The van der Waals surface area contributed by atoms with E-state index in [1.165, 1.54) is 41.5 Å². The molecule has 3 aromatic rings. The summed E-state index contributed by atoms with van der Waals surface area (Å²) in [5.41, 5.74) is 4.75. The molecule has 1 amide bonds. The molecule has 0 radical (unpaired) electrons. The van der Waals surface area contributed by atoms with Gasteiger partial charge in [0.05, 0.1) is 17.9 Å². The zero-order chi connectivity index (χ0) is 23.8. The Balaban J connectivity index is 1.32. The topological polar surface area (TPSA) is 87.9 Å². The van der Waals surface area contributed by atoms with Crippen LogP contribution in [0.4, 0.5) is 5.13 Å². The number of hydrogen-bond acceptors (Lipinski definition) is 7. The molecule has 0 bridgehead atoms. The van der Waals surface area contributed by atoms with Crippen LogP contribution < -0.4 is 10.1 Å². The molecular formula is C26H28N4O2S2. The number of ether oxygens (including phenoxy) is 1. The maximum Gasteiger partial charge on any atom is 0.226 e. The molecule has 0 aliphatic heterocycles. The van der Waals surface area contributed by atoms with E-state index < -0.39 is 0 Å². The molecule has 0 fully saturated rings. The lowest BCUT2D eigenvalue weighted by Gasteiger charge is -2.15. The lowest BCUT2D eigenvalue weighted by molar-refractivity contribution is -0.115. The van der Waals surface area contributed by atoms with Crippen LogP contribution >= 0.6 is 23.1 Å². The molecule has 176 valence electrons. The average Bonchev–Trinajstić information content (AvgIpc) is 3.29. The zero-order valence-corrected chi connectivity index (χ0v) is 20.9. The highest BCUT2D eigenvalue weighted by molar-refractivity contribution is 7.99. The molecule has 0 saturated carbocycles. The van der Waals surface area contributed by atoms with Gasteiger partial charge in [-0.05, 0) is 68.5 Å². The Labute approximate surface area is 208 Å². The second kappa shape index (κ2) is 12.0. The zero-order valence-electron chi connectivity index (χ0n) is 19.3. The molecule has 1 N–H and O–H groups in total. The minimum absolute atomic E-state index is 0.0927. The number of fused-ring (bicyclic) bond motifs is 1. The number of nitriles is 1. The van der Waals surface area contributed by atoms with E-state index in [0.717, 1.165) is 53.4 Å². The third-order valence-corrected chi connectivity index (χ3v) is 7.42. The molecule has 2 aromatic heterocycles. The third-order valence-electron chi connectivity index (χ3n) is 5.67. The van der Waals surface area contributed by atoms with Crippen molar-refractivity contribution in [1.82, 2.24) is 9.97 Å². The number of aromatic nitrogens is 2. The van der Waals surface area contributed by atoms with Gasteiger partial charge in [-0.1, -0.05) is 12.8 Å². The lowest BCUT2D eigenvalue weighted by atomic mass is 9.96. The summed E-state index contributed by atoms with van der Waals surface area (Å²) in [5.74, 6) is 1.29. The van der Waals surface area contributed by atoms with Gasteiger partial charge in [-0.15, -0.1) is 23.1 Å². The number of pyridine rings is 1. The van der Waals surface area contributed by atoms with Crippen molar-refractivity contribution in [3.8, 4) is 23.1 Å². The van der Waals surface area contributed by atoms with E-state index in [2.05, 4.69) is 16.4 Å². The van der Waals surface area contributed by atoms with Crippen molar-refractivity contribution >= 4 is 34.1 Å². The van der Waals surface area contributed by atoms with Crippen LogP contribution in [-0.4, -0.2) is 28.2 Å². The number of thiazole rings is 1. The van der Waals surface area contributed by atoms with E-state index in [0.29, 0.717) is 29.5 Å². The molecule has 0 saturated heterocycles. The molecule has 8 heteroatoms. The van der Waals surface area contributed by atoms with E-state index in [1.54, 1.807) is 0 Å². The van der Waals surface area contributed by atoms with Crippen molar-refractivity contribution in [2.45, 2.75) is 56.9 Å². The second-order valence-corrected chi connectivity index (χ2v) is 10.1. The van der Waals surface area contributed by atoms with Gasteiger partial charge in [0.1, 0.15) is 16.8 Å². The van der Waals surface area contributed by atoms with Gasteiger partial charge >= 0.3 is 0 Å². The van der Waals surface area contributed by atoms with Crippen LogP contribution in [0, 0.1) is 11.3 Å². The number of benzene rings is 1. The number of rotatable bonds is 8. The van der Waals surface area contributed by atoms with Crippen LogP contribution in [0.1, 0.15) is 55.8 Å². The molecule has 0 unspecified atom stereocenters. The molecule has 0 atom stereocenters. The first-order valence-electron chi connectivity index (χ1n) is 11.7. The van der Waals surface area contributed by atoms with E-state index in [4.69, 9.17) is 9.72 Å². The number of carbonyl (C=O) groups excluding carboxylic acids is 1. The summed E-state index contributed by atoms with van der Waals surface area (Å²) in [5, 5.41) is 15.7. The molecule has 1 aliphatic rings. The van der Waals surface area contributed by atoms with Crippen LogP contribution in [-0.2, 0) is 17.6 Å². The van der Waals surface area contributed by atoms with Gasteiger partial charge in [-0.25, -0.2) is 9.97 Å². The van der Waals surface area contributed by atoms with Crippen molar-refractivity contribution in [2.75, 3.05) is 17.7 Å². The number of carbonyl (C=O) groups is 1. The maximum atomic E-state index is 12.5. The van der Waals surface area contributed by atoms with Gasteiger partial charge in [0.15, 0.2) is 5.13 Å². The van der Waals surface area contributed by atoms with Gasteiger partial charge in [0.2, 0.25) is 5.91 Å². The first-order valence-corrected chi connectivity index (χ1v) is 13.6. The summed E-state index contributed by atoms with van der Waals surface area (Å²) < 4.78 is 5.48. The fraction of sp³-hybridized carbons (Fsp3) is 0.385. The quantitative estimate of drug-likeness (QED) is 0.374. The highest BCUT2D eigenvalue weighted by atomic mass is 32.2. The number of nitrogens with one attached hydrogen (secondary N) is 1. The number of amides is 1. The molecule has 34 heavy (non-hydrogen) atoms. The van der Waals surface area contributed by atoms with Crippen molar-refractivity contribution in [3.63, 3.8) is 0 Å². The van der Waals surface area contributed by atoms with Crippen molar-refractivity contribution in [1.29, 1.82) is 5.26 Å². The van der Waals surface area contributed by atoms with Crippen LogP contribution in [0.5, 0.6) is 5.75 Å². The Hall–Kier alpha value is -2.89. The van der Waals surface area contributed by atoms with Gasteiger partial charge < -0.3 is 10.1 Å². The number of thioether (sulfide) groups is 1. The summed E-state index contributed by atoms with van der Waals surface area (Å²) in [4.78, 5) is 21.8. The average molecular weight is 493 g/mol. The molecule has 0 spiro atoms. The largest absolute Gasteiger partial charge is 0.494 e. The summed E-state index contributed by atoms with van der Waals surface area (Å²) in [7, 11) is 0. The van der Waals surface area contributed by atoms with Crippen LogP contribution in [0.2, 0.25) is 0 Å². The Bertz CT molecular complexity index is 1170. The van der Waals surface area contributed by atoms with Gasteiger partial charge in [0.25, 0.3) is 0 Å².